The Morgan fingerprint density at radius 3 is 2.12 bits per heavy atom. The summed E-state index contributed by atoms with van der Waals surface area (Å²) in [6.07, 6.45) is 0. The zero-order valence-corrected chi connectivity index (χ0v) is 8.73. The van der Waals surface area contributed by atoms with Crippen LogP contribution in [0.3, 0.4) is 0 Å². The van der Waals surface area contributed by atoms with Gasteiger partial charge < -0.3 is 10.8 Å². The Morgan fingerprint density at radius 2 is 1.75 bits per heavy atom. The molecule has 0 radical (unpaired) electrons. The van der Waals surface area contributed by atoms with Gasteiger partial charge in [0.1, 0.15) is 0 Å². The quantitative estimate of drug-likeness (QED) is 0.407. The van der Waals surface area contributed by atoms with Crippen molar-refractivity contribution >= 4 is 17.8 Å². The summed E-state index contributed by atoms with van der Waals surface area (Å²) >= 11 is 0. The highest BCUT2D eigenvalue weighted by Gasteiger charge is 2.03. The maximum absolute atomic E-state index is 11.1. The first kappa shape index (κ1) is 13.6. The standard InChI is InChI=1S/C8H9N3O.C2H4O2/c9-8(10)11-7(12)6-4-2-1-3-5-6;1-2(3)4/h1-5H,(H4,9,10,11,12);1H3,(H,3,4). The highest BCUT2D eigenvalue weighted by atomic mass is 16.4. The number of carboxylic acid groups (broad SMARTS) is 1. The second kappa shape index (κ2) is 6.99. The summed E-state index contributed by atoms with van der Waals surface area (Å²) in [4.78, 5) is 20.1. The van der Waals surface area contributed by atoms with Crippen LogP contribution in [-0.4, -0.2) is 22.9 Å². The fraction of sp³-hybridized carbons (Fsp3) is 0.100. The number of rotatable bonds is 1. The Hall–Kier alpha value is -2.37. The summed E-state index contributed by atoms with van der Waals surface area (Å²) in [5.74, 6) is -1.54. The Bertz CT molecular complexity index is 372. The van der Waals surface area contributed by atoms with Crippen molar-refractivity contribution in [3.05, 3.63) is 35.9 Å². The van der Waals surface area contributed by atoms with Crippen molar-refractivity contribution in [3.8, 4) is 0 Å². The van der Waals surface area contributed by atoms with E-state index in [0.29, 0.717) is 5.56 Å². The lowest BCUT2D eigenvalue weighted by Gasteiger charge is -2.00. The molecule has 0 spiro atoms. The molecular formula is C10H13N3O3. The van der Waals surface area contributed by atoms with Gasteiger partial charge in [-0.25, -0.2) is 0 Å². The monoisotopic (exact) mass is 223 g/mol. The van der Waals surface area contributed by atoms with Gasteiger partial charge in [0.25, 0.3) is 11.9 Å². The number of hydrogen-bond donors (Lipinski definition) is 4. The molecule has 1 rings (SSSR count). The van der Waals surface area contributed by atoms with Crippen molar-refractivity contribution in [1.82, 2.24) is 5.32 Å². The van der Waals surface area contributed by atoms with Crippen LogP contribution >= 0.6 is 0 Å². The van der Waals surface area contributed by atoms with Crippen molar-refractivity contribution in [3.63, 3.8) is 0 Å². The van der Waals surface area contributed by atoms with Gasteiger partial charge in [-0.05, 0) is 12.1 Å². The van der Waals surface area contributed by atoms with E-state index in [0.717, 1.165) is 6.92 Å². The van der Waals surface area contributed by atoms with Crippen LogP contribution in [0.5, 0.6) is 0 Å². The zero-order valence-electron chi connectivity index (χ0n) is 8.73. The summed E-state index contributed by atoms with van der Waals surface area (Å²) in [6.45, 7) is 1.08. The molecule has 0 atom stereocenters. The number of guanidine groups is 1. The molecule has 1 aromatic rings. The maximum atomic E-state index is 11.1. The lowest BCUT2D eigenvalue weighted by Crippen LogP contribution is -2.35. The smallest absolute Gasteiger partial charge is 0.300 e. The Labute approximate surface area is 92.6 Å². The first-order chi connectivity index (χ1) is 7.43. The molecule has 86 valence electrons. The van der Waals surface area contributed by atoms with Crippen molar-refractivity contribution in [1.29, 1.82) is 5.41 Å². The average molecular weight is 223 g/mol. The molecule has 6 heteroatoms. The first-order valence-corrected chi connectivity index (χ1v) is 4.33. The third-order valence-corrected chi connectivity index (χ3v) is 1.28. The van der Waals surface area contributed by atoms with E-state index in [1.54, 1.807) is 24.3 Å². The van der Waals surface area contributed by atoms with E-state index < -0.39 is 5.97 Å². The average Bonchev–Trinajstić information content (AvgIpc) is 2.17. The largest absolute Gasteiger partial charge is 0.481 e. The van der Waals surface area contributed by atoms with Gasteiger partial charge in [-0.15, -0.1) is 0 Å². The minimum atomic E-state index is -0.833. The van der Waals surface area contributed by atoms with Gasteiger partial charge >= 0.3 is 0 Å². The molecule has 0 aromatic heterocycles. The van der Waals surface area contributed by atoms with Crippen molar-refractivity contribution in [2.75, 3.05) is 0 Å². The van der Waals surface area contributed by atoms with Crippen molar-refractivity contribution in [2.24, 2.45) is 5.73 Å². The number of carbonyl (C=O) groups excluding carboxylic acids is 1. The topological polar surface area (TPSA) is 116 Å². The number of carboxylic acids is 1. The Kier molecular flexibility index (Phi) is 5.96. The molecule has 16 heavy (non-hydrogen) atoms. The molecule has 0 heterocycles. The maximum Gasteiger partial charge on any atom is 0.300 e. The van der Waals surface area contributed by atoms with E-state index in [1.807, 2.05) is 6.07 Å². The van der Waals surface area contributed by atoms with Gasteiger partial charge in [-0.1, -0.05) is 18.2 Å². The molecule has 0 fully saturated rings. The van der Waals surface area contributed by atoms with Crippen molar-refractivity contribution < 1.29 is 14.7 Å². The van der Waals surface area contributed by atoms with E-state index in [-0.39, 0.29) is 11.9 Å². The first-order valence-electron chi connectivity index (χ1n) is 4.33. The summed E-state index contributed by atoms with van der Waals surface area (Å²) in [5, 5.41) is 16.4. The van der Waals surface area contributed by atoms with Crippen LogP contribution in [-0.2, 0) is 4.79 Å². The van der Waals surface area contributed by atoms with E-state index >= 15 is 0 Å². The SMILES string of the molecule is CC(=O)O.N=C(N)NC(=O)c1ccccc1. The molecule has 6 nitrogen and oxygen atoms in total. The molecule has 0 saturated carbocycles. The molecule has 0 bridgehead atoms. The Balaban J connectivity index is 0.000000487. The normalized spacial score (nSPS) is 8.31. The molecule has 0 unspecified atom stereocenters. The number of hydrogen-bond acceptors (Lipinski definition) is 3. The molecule has 0 aliphatic carbocycles. The lowest BCUT2D eigenvalue weighted by molar-refractivity contribution is -0.134. The van der Waals surface area contributed by atoms with Gasteiger partial charge in [0.15, 0.2) is 5.96 Å². The van der Waals surface area contributed by atoms with Gasteiger partial charge in [0.05, 0.1) is 0 Å². The predicted octanol–water partition coefficient (Wildman–Crippen LogP) is 0.401. The van der Waals surface area contributed by atoms with Crippen LogP contribution in [0.1, 0.15) is 17.3 Å². The van der Waals surface area contributed by atoms with Crippen LogP contribution in [0.15, 0.2) is 30.3 Å². The molecule has 5 N–H and O–H groups in total. The van der Waals surface area contributed by atoms with Crippen LogP contribution < -0.4 is 11.1 Å². The van der Waals surface area contributed by atoms with Crippen LogP contribution in [0.25, 0.3) is 0 Å². The van der Waals surface area contributed by atoms with E-state index in [2.05, 4.69) is 5.32 Å². The van der Waals surface area contributed by atoms with Crippen LogP contribution in [0.4, 0.5) is 0 Å². The third kappa shape index (κ3) is 7.07. The van der Waals surface area contributed by atoms with Gasteiger partial charge in [-0.3, -0.25) is 20.3 Å². The zero-order chi connectivity index (χ0) is 12.6. The fourth-order valence-electron chi connectivity index (χ4n) is 0.784. The summed E-state index contributed by atoms with van der Waals surface area (Å²) in [5.41, 5.74) is 5.48. The third-order valence-electron chi connectivity index (χ3n) is 1.28. The Morgan fingerprint density at radius 1 is 1.31 bits per heavy atom. The highest BCUT2D eigenvalue weighted by molar-refractivity contribution is 6.04. The molecule has 0 saturated heterocycles. The number of carbonyl (C=O) groups is 2. The predicted molar refractivity (Wildman–Crippen MR) is 59.1 cm³/mol. The minimum Gasteiger partial charge on any atom is -0.481 e. The summed E-state index contributed by atoms with van der Waals surface area (Å²) in [7, 11) is 0. The van der Waals surface area contributed by atoms with E-state index in [4.69, 9.17) is 21.0 Å². The second-order valence-electron chi connectivity index (χ2n) is 2.75. The highest BCUT2D eigenvalue weighted by Crippen LogP contribution is 1.96. The van der Waals surface area contributed by atoms with Crippen molar-refractivity contribution in [2.45, 2.75) is 6.92 Å². The number of amides is 1. The summed E-state index contributed by atoms with van der Waals surface area (Å²) in [6, 6.07) is 8.60. The number of benzene rings is 1. The van der Waals surface area contributed by atoms with E-state index in [9.17, 15) is 4.79 Å². The minimum absolute atomic E-state index is 0.344. The molecule has 1 amide bonds. The van der Waals surface area contributed by atoms with Gasteiger partial charge in [0, 0.05) is 12.5 Å². The van der Waals surface area contributed by atoms with Crippen LogP contribution in [0.2, 0.25) is 0 Å². The molecule has 0 aliphatic heterocycles. The second-order valence-corrected chi connectivity index (χ2v) is 2.75. The number of nitrogens with one attached hydrogen (secondary N) is 2. The lowest BCUT2D eigenvalue weighted by atomic mass is 10.2. The number of nitrogens with two attached hydrogens (primary N) is 1. The van der Waals surface area contributed by atoms with Crippen LogP contribution in [0, 0.1) is 5.41 Å². The number of aliphatic carboxylic acids is 1. The van der Waals surface area contributed by atoms with Gasteiger partial charge in [-0.2, -0.15) is 0 Å². The molecule has 1 aromatic carbocycles. The summed E-state index contributed by atoms with van der Waals surface area (Å²) < 4.78 is 0. The fourth-order valence-corrected chi connectivity index (χ4v) is 0.784. The molecule has 0 aliphatic rings. The van der Waals surface area contributed by atoms with E-state index in [1.165, 1.54) is 0 Å². The van der Waals surface area contributed by atoms with Gasteiger partial charge in [0.2, 0.25) is 0 Å². The molecular weight excluding hydrogens is 210 g/mol.